The van der Waals surface area contributed by atoms with Crippen molar-refractivity contribution in [2.24, 2.45) is 5.92 Å². The number of fused-ring (bicyclic) bond motifs is 2. The number of carbonyl (C=O) groups is 3. The fourth-order valence-corrected chi connectivity index (χ4v) is 5.71. The molecule has 2 atom stereocenters. The van der Waals surface area contributed by atoms with E-state index in [0.29, 0.717) is 57.5 Å². The smallest absolute Gasteiger partial charge is 0.264 e. The molecule has 2 N–H and O–H groups in total. The first-order valence-electron chi connectivity index (χ1n) is 14.4. The molecule has 6 rings (SSSR count). The number of benzene rings is 2. The number of Topliss-reactive ketones (excluding diaryl/α,β-unsaturated/α-hetero) is 1. The van der Waals surface area contributed by atoms with E-state index in [0.717, 1.165) is 0 Å². The van der Waals surface area contributed by atoms with Crippen molar-refractivity contribution in [3.8, 4) is 17.5 Å². The monoisotopic (exact) mass is 586 g/mol. The van der Waals surface area contributed by atoms with E-state index >= 15 is 0 Å². The van der Waals surface area contributed by atoms with E-state index in [1.807, 2.05) is 55.5 Å². The van der Waals surface area contributed by atoms with Gasteiger partial charge in [0.25, 0.3) is 11.5 Å². The molecule has 3 heterocycles. The maximum atomic E-state index is 14.2. The molecule has 10 heteroatoms. The van der Waals surface area contributed by atoms with Gasteiger partial charge in [-0.1, -0.05) is 42.2 Å². The van der Waals surface area contributed by atoms with E-state index in [4.69, 9.17) is 0 Å². The Bertz CT molecular complexity index is 2050. The van der Waals surface area contributed by atoms with E-state index in [1.165, 1.54) is 0 Å². The van der Waals surface area contributed by atoms with Gasteiger partial charge in [0.2, 0.25) is 5.91 Å². The number of carbonyl (C=O) groups excluding carboxylic acids is 3. The predicted molar refractivity (Wildman–Crippen MR) is 165 cm³/mol. The zero-order chi connectivity index (χ0) is 30.8. The summed E-state index contributed by atoms with van der Waals surface area (Å²) in [6.45, 7) is 3.69. The summed E-state index contributed by atoms with van der Waals surface area (Å²) in [5, 5.41) is 11.3. The zero-order valence-corrected chi connectivity index (χ0v) is 24.3. The molecule has 2 aromatic carbocycles. The van der Waals surface area contributed by atoms with Gasteiger partial charge in [0, 0.05) is 48.1 Å². The highest BCUT2D eigenvalue weighted by Crippen LogP contribution is 2.24. The largest absolute Gasteiger partial charge is 0.345 e. The van der Waals surface area contributed by atoms with E-state index in [2.05, 4.69) is 32.6 Å². The van der Waals surface area contributed by atoms with Crippen LogP contribution < -0.4 is 16.2 Å². The number of pyridine rings is 1. The number of amides is 2. The van der Waals surface area contributed by atoms with Crippen molar-refractivity contribution in [2.45, 2.75) is 39.2 Å². The maximum Gasteiger partial charge on any atom is 0.264 e. The number of nitrogens with zero attached hydrogens (tertiary/aromatic N) is 4. The number of hydrogen-bond donors (Lipinski definition) is 2. The Kier molecular flexibility index (Phi) is 7.77. The third-order valence-corrected chi connectivity index (χ3v) is 7.87. The van der Waals surface area contributed by atoms with Crippen molar-refractivity contribution in [3.63, 3.8) is 0 Å². The molecule has 0 aliphatic heterocycles. The highest BCUT2D eigenvalue weighted by Gasteiger charge is 2.28. The van der Waals surface area contributed by atoms with E-state index < -0.39 is 6.04 Å². The van der Waals surface area contributed by atoms with Crippen LogP contribution in [0, 0.1) is 24.7 Å². The number of para-hydroxylation sites is 1. The summed E-state index contributed by atoms with van der Waals surface area (Å²) in [5.74, 6) is 5.30. The summed E-state index contributed by atoms with van der Waals surface area (Å²) in [4.78, 5) is 56.0. The average molecular weight is 587 g/mol. The Morgan fingerprint density at radius 3 is 2.68 bits per heavy atom. The van der Waals surface area contributed by atoms with Crippen molar-refractivity contribution < 1.29 is 14.4 Å². The van der Waals surface area contributed by atoms with Crippen molar-refractivity contribution in [2.75, 3.05) is 6.54 Å². The molecule has 0 bridgehead atoms. The summed E-state index contributed by atoms with van der Waals surface area (Å²) in [5.41, 5.74) is 2.85. The van der Waals surface area contributed by atoms with E-state index in [-0.39, 0.29) is 42.0 Å². The van der Waals surface area contributed by atoms with Crippen molar-refractivity contribution in [1.82, 2.24) is 29.8 Å². The Balaban J connectivity index is 1.35. The third kappa shape index (κ3) is 5.47. The summed E-state index contributed by atoms with van der Waals surface area (Å²) in [7, 11) is 0. The van der Waals surface area contributed by atoms with Crippen LogP contribution >= 0.6 is 0 Å². The molecule has 2 amide bonds. The highest BCUT2D eigenvalue weighted by molar-refractivity contribution is 6.01. The van der Waals surface area contributed by atoms with Crippen LogP contribution in [0.15, 0.2) is 77.9 Å². The van der Waals surface area contributed by atoms with Crippen LogP contribution in [0.3, 0.4) is 0 Å². The lowest BCUT2D eigenvalue weighted by atomic mass is 10.0. The van der Waals surface area contributed by atoms with E-state index in [9.17, 15) is 19.2 Å². The molecular formula is C34H30N6O4. The third-order valence-electron chi connectivity index (χ3n) is 7.87. The first-order valence-corrected chi connectivity index (χ1v) is 14.4. The SMILES string of the molecule is Cc1nn2cccnc2c1C(=O)N[C@@H](C)c1cc2cccc(C#CCNC(=O)C3CCC(=O)C3)c2c(=O)n1-c1ccccc1. The number of nitrogens with one attached hydrogen (secondary N) is 2. The second-order valence-electron chi connectivity index (χ2n) is 10.9. The van der Waals surface area contributed by atoms with Crippen molar-refractivity contribution in [1.29, 1.82) is 0 Å². The zero-order valence-electron chi connectivity index (χ0n) is 24.3. The van der Waals surface area contributed by atoms with Gasteiger partial charge < -0.3 is 10.6 Å². The number of hydrogen-bond acceptors (Lipinski definition) is 6. The molecule has 10 nitrogen and oxygen atoms in total. The van der Waals surface area contributed by atoms with Crippen molar-refractivity contribution in [3.05, 3.63) is 106 Å². The van der Waals surface area contributed by atoms with Crippen LogP contribution in [-0.4, -0.2) is 43.3 Å². The topological polar surface area (TPSA) is 127 Å². The van der Waals surface area contributed by atoms with Gasteiger partial charge in [0.15, 0.2) is 5.65 Å². The molecule has 5 aromatic rings. The second-order valence-corrected chi connectivity index (χ2v) is 10.9. The Morgan fingerprint density at radius 2 is 1.91 bits per heavy atom. The maximum absolute atomic E-state index is 14.2. The molecule has 0 saturated heterocycles. The normalized spacial score (nSPS) is 15.1. The molecule has 1 aliphatic rings. The fourth-order valence-electron chi connectivity index (χ4n) is 5.71. The standard InChI is InChI=1S/C34H30N6O4/c1-21(37-33(43)29-22(2)38-39-18-8-17-35-31(29)39)28-20-24-10-6-9-23(11-7-16-36-32(42)25-14-15-27(41)19-25)30(24)34(44)40(28)26-12-4-3-5-13-26/h3-6,8-10,12-13,17-18,20-21,25H,14-16,19H2,1-2H3,(H,36,42)(H,37,43)/t21-,25?/m0/s1. The number of rotatable bonds is 6. The van der Waals surface area contributed by atoms with Gasteiger partial charge in [-0.25, -0.2) is 9.50 Å². The average Bonchev–Trinajstić information content (AvgIpc) is 3.61. The molecule has 44 heavy (non-hydrogen) atoms. The second kappa shape index (κ2) is 12.0. The van der Waals surface area contributed by atoms with Crippen LogP contribution in [0.1, 0.15) is 59.5 Å². The van der Waals surface area contributed by atoms with Crippen LogP contribution in [0.5, 0.6) is 0 Å². The molecule has 3 aromatic heterocycles. The van der Waals surface area contributed by atoms with Crippen LogP contribution in [-0.2, 0) is 9.59 Å². The minimum atomic E-state index is -0.565. The lowest BCUT2D eigenvalue weighted by Crippen LogP contribution is -2.32. The Labute approximate surface area is 253 Å². The summed E-state index contributed by atoms with van der Waals surface area (Å²) in [6.07, 6.45) is 4.63. The lowest BCUT2D eigenvalue weighted by molar-refractivity contribution is -0.126. The predicted octanol–water partition coefficient (Wildman–Crippen LogP) is 3.67. The lowest BCUT2D eigenvalue weighted by Gasteiger charge is -2.21. The van der Waals surface area contributed by atoms with Gasteiger partial charge in [-0.2, -0.15) is 5.10 Å². The molecule has 1 aliphatic carbocycles. The first kappa shape index (κ1) is 28.6. The minimum absolute atomic E-state index is 0.103. The molecule has 1 fully saturated rings. The summed E-state index contributed by atoms with van der Waals surface area (Å²) < 4.78 is 3.16. The van der Waals surface area contributed by atoms with Gasteiger partial charge in [0.1, 0.15) is 11.3 Å². The van der Waals surface area contributed by atoms with E-state index in [1.54, 1.807) is 40.5 Å². The molecular weight excluding hydrogens is 556 g/mol. The minimum Gasteiger partial charge on any atom is -0.345 e. The van der Waals surface area contributed by atoms with Gasteiger partial charge in [0.05, 0.1) is 23.7 Å². The molecule has 0 spiro atoms. The Hall–Kier alpha value is -5.56. The van der Waals surface area contributed by atoms with Gasteiger partial charge >= 0.3 is 0 Å². The number of aromatic nitrogens is 4. The Morgan fingerprint density at radius 1 is 1.09 bits per heavy atom. The molecule has 0 radical (unpaired) electrons. The van der Waals surface area contributed by atoms with Crippen LogP contribution in [0.2, 0.25) is 0 Å². The first-order chi connectivity index (χ1) is 21.3. The van der Waals surface area contributed by atoms with Gasteiger partial charge in [-0.15, -0.1) is 0 Å². The van der Waals surface area contributed by atoms with Crippen LogP contribution in [0.4, 0.5) is 0 Å². The highest BCUT2D eigenvalue weighted by atomic mass is 16.2. The molecule has 1 saturated carbocycles. The molecule has 1 unspecified atom stereocenters. The molecule has 220 valence electrons. The summed E-state index contributed by atoms with van der Waals surface area (Å²) in [6, 6.07) is 17.7. The number of ketones is 1. The van der Waals surface area contributed by atoms with Crippen LogP contribution in [0.25, 0.3) is 22.1 Å². The summed E-state index contributed by atoms with van der Waals surface area (Å²) >= 11 is 0. The fraction of sp³-hybridized carbons (Fsp3) is 0.235. The van der Waals surface area contributed by atoms with Gasteiger partial charge in [-0.3, -0.25) is 23.7 Å². The van der Waals surface area contributed by atoms with Gasteiger partial charge in [-0.05, 0) is 56.0 Å². The van der Waals surface area contributed by atoms with Crippen molar-refractivity contribution >= 4 is 34.0 Å². The number of aryl methyl sites for hydroxylation is 1. The quantitative estimate of drug-likeness (QED) is 0.293.